The molecule has 0 radical (unpaired) electrons. The number of nitrogens with zero attached hydrogens (tertiary/aromatic N) is 3. The summed E-state index contributed by atoms with van der Waals surface area (Å²) in [5.41, 5.74) is 2.53. The molecule has 3 heteroatoms. The Morgan fingerprint density at radius 2 is 2.00 bits per heavy atom. The van der Waals surface area contributed by atoms with E-state index in [1.165, 1.54) is 5.56 Å². The number of aromatic nitrogens is 2. The lowest BCUT2D eigenvalue weighted by Gasteiger charge is -2.10. The molecule has 0 spiro atoms. The van der Waals surface area contributed by atoms with Gasteiger partial charge in [-0.15, -0.1) is 0 Å². The van der Waals surface area contributed by atoms with Crippen molar-refractivity contribution in [2.75, 3.05) is 0 Å². The van der Waals surface area contributed by atoms with Crippen LogP contribution in [-0.2, 0) is 6.54 Å². The predicted molar refractivity (Wildman–Crippen MR) is 69.6 cm³/mol. The minimum absolute atomic E-state index is 0.203. The first-order valence-electron chi connectivity index (χ1n) is 6.26. The van der Waals surface area contributed by atoms with Gasteiger partial charge in [0.05, 0.1) is 12.3 Å². The van der Waals surface area contributed by atoms with E-state index in [1.54, 1.807) is 0 Å². The zero-order valence-electron chi connectivity index (χ0n) is 10.2. The molecule has 1 aromatic heterocycles. The van der Waals surface area contributed by atoms with Crippen molar-refractivity contribution >= 4 is 0 Å². The van der Waals surface area contributed by atoms with Gasteiger partial charge >= 0.3 is 0 Å². The van der Waals surface area contributed by atoms with Gasteiger partial charge in [-0.3, -0.25) is 4.68 Å². The zero-order chi connectivity index (χ0) is 12.4. The first-order chi connectivity index (χ1) is 8.81. The highest BCUT2D eigenvalue weighted by atomic mass is 15.3. The second-order valence-electron chi connectivity index (χ2n) is 5.13. The molecule has 0 unspecified atom stereocenters. The standard InChI is InChI=1S/C15H15N3/c16-9-8-15(6-7-15)12-18-11-14(10-17-18)13-4-2-1-3-5-13/h1-5,10-11H,6-8,12H2. The fraction of sp³-hybridized carbons (Fsp3) is 0.333. The summed E-state index contributed by atoms with van der Waals surface area (Å²) in [7, 11) is 0. The average molecular weight is 237 g/mol. The highest BCUT2D eigenvalue weighted by molar-refractivity contribution is 5.61. The van der Waals surface area contributed by atoms with Crippen molar-refractivity contribution in [1.82, 2.24) is 9.78 Å². The smallest absolute Gasteiger partial charge is 0.0628 e. The maximum absolute atomic E-state index is 8.82. The second kappa shape index (κ2) is 4.30. The molecule has 0 N–H and O–H groups in total. The fourth-order valence-corrected chi connectivity index (χ4v) is 2.31. The van der Waals surface area contributed by atoms with E-state index in [-0.39, 0.29) is 5.41 Å². The van der Waals surface area contributed by atoms with Crippen LogP contribution in [0.1, 0.15) is 19.3 Å². The maximum atomic E-state index is 8.82. The lowest BCUT2D eigenvalue weighted by molar-refractivity contribution is 0.405. The van der Waals surface area contributed by atoms with Crippen molar-refractivity contribution in [2.45, 2.75) is 25.8 Å². The van der Waals surface area contributed by atoms with Crippen LogP contribution >= 0.6 is 0 Å². The third-order valence-electron chi connectivity index (χ3n) is 3.65. The molecule has 1 heterocycles. The highest BCUT2D eigenvalue weighted by Gasteiger charge is 2.42. The number of nitriles is 1. The Hall–Kier alpha value is -2.08. The van der Waals surface area contributed by atoms with Crippen molar-refractivity contribution in [3.63, 3.8) is 0 Å². The summed E-state index contributed by atoms with van der Waals surface area (Å²) in [6, 6.07) is 12.5. The molecule has 1 aliphatic rings. The van der Waals surface area contributed by atoms with E-state index >= 15 is 0 Å². The molecule has 3 rings (SSSR count). The molecule has 2 aromatic rings. The van der Waals surface area contributed by atoms with E-state index in [0.717, 1.165) is 24.9 Å². The summed E-state index contributed by atoms with van der Waals surface area (Å²) in [6.45, 7) is 0.868. The van der Waals surface area contributed by atoms with Crippen molar-refractivity contribution in [3.05, 3.63) is 42.7 Å². The van der Waals surface area contributed by atoms with Gasteiger partial charge in [0.1, 0.15) is 0 Å². The van der Waals surface area contributed by atoms with Gasteiger partial charge in [-0.1, -0.05) is 30.3 Å². The Kier molecular flexibility index (Phi) is 2.64. The van der Waals surface area contributed by atoms with Gasteiger partial charge in [0.2, 0.25) is 0 Å². The van der Waals surface area contributed by atoms with Crippen LogP contribution in [0.4, 0.5) is 0 Å². The summed E-state index contributed by atoms with van der Waals surface area (Å²) in [5.74, 6) is 0. The maximum Gasteiger partial charge on any atom is 0.0628 e. The molecule has 1 aliphatic carbocycles. The van der Waals surface area contributed by atoms with Crippen LogP contribution < -0.4 is 0 Å². The van der Waals surface area contributed by atoms with Gasteiger partial charge in [-0.2, -0.15) is 10.4 Å². The van der Waals surface area contributed by atoms with Crippen LogP contribution in [0.2, 0.25) is 0 Å². The largest absolute Gasteiger partial charge is 0.272 e. The van der Waals surface area contributed by atoms with Crippen LogP contribution in [0.3, 0.4) is 0 Å². The minimum Gasteiger partial charge on any atom is -0.272 e. The Morgan fingerprint density at radius 3 is 2.67 bits per heavy atom. The van der Waals surface area contributed by atoms with E-state index < -0.39 is 0 Å². The first kappa shape index (κ1) is 11.0. The molecule has 0 aliphatic heterocycles. The Bertz CT molecular complexity index is 573. The van der Waals surface area contributed by atoms with E-state index in [0.29, 0.717) is 6.42 Å². The predicted octanol–water partition coefficient (Wildman–Crippen LogP) is 3.24. The lowest BCUT2D eigenvalue weighted by Crippen LogP contribution is -2.11. The summed E-state index contributed by atoms with van der Waals surface area (Å²) < 4.78 is 1.98. The van der Waals surface area contributed by atoms with E-state index in [4.69, 9.17) is 5.26 Å². The van der Waals surface area contributed by atoms with E-state index in [9.17, 15) is 0 Å². The average Bonchev–Trinajstić information content (AvgIpc) is 2.99. The topological polar surface area (TPSA) is 41.6 Å². The molecule has 3 nitrogen and oxygen atoms in total. The summed E-state index contributed by atoms with van der Waals surface area (Å²) in [4.78, 5) is 0. The molecular weight excluding hydrogens is 222 g/mol. The van der Waals surface area contributed by atoms with E-state index in [2.05, 4.69) is 29.5 Å². The van der Waals surface area contributed by atoms with Gasteiger partial charge in [-0.25, -0.2) is 0 Å². The molecule has 0 bridgehead atoms. The second-order valence-corrected chi connectivity index (χ2v) is 5.13. The van der Waals surface area contributed by atoms with Crippen LogP contribution in [0, 0.1) is 16.7 Å². The number of hydrogen-bond acceptors (Lipinski definition) is 2. The van der Waals surface area contributed by atoms with Gasteiger partial charge in [0.15, 0.2) is 0 Å². The monoisotopic (exact) mass is 237 g/mol. The molecule has 0 amide bonds. The van der Waals surface area contributed by atoms with Crippen LogP contribution in [0.5, 0.6) is 0 Å². The third-order valence-corrected chi connectivity index (χ3v) is 3.65. The molecular formula is C15H15N3. The molecule has 1 saturated carbocycles. The Labute approximate surface area is 107 Å². The van der Waals surface area contributed by atoms with Crippen molar-refractivity contribution < 1.29 is 0 Å². The molecule has 0 atom stereocenters. The number of benzene rings is 1. The van der Waals surface area contributed by atoms with Crippen LogP contribution in [-0.4, -0.2) is 9.78 Å². The molecule has 90 valence electrons. The Morgan fingerprint density at radius 1 is 1.22 bits per heavy atom. The fourth-order valence-electron chi connectivity index (χ4n) is 2.31. The molecule has 18 heavy (non-hydrogen) atoms. The normalized spacial score (nSPS) is 16.2. The van der Waals surface area contributed by atoms with Crippen LogP contribution in [0.15, 0.2) is 42.7 Å². The summed E-state index contributed by atoms with van der Waals surface area (Å²) in [5, 5.41) is 13.2. The minimum atomic E-state index is 0.203. The molecule has 1 aromatic carbocycles. The quantitative estimate of drug-likeness (QED) is 0.819. The van der Waals surface area contributed by atoms with Crippen molar-refractivity contribution in [2.24, 2.45) is 5.41 Å². The number of hydrogen-bond donors (Lipinski definition) is 0. The lowest BCUT2D eigenvalue weighted by atomic mass is 10.0. The SMILES string of the molecule is N#CCC1(Cn2cc(-c3ccccc3)cn2)CC1. The van der Waals surface area contributed by atoms with Gasteiger partial charge in [0, 0.05) is 30.1 Å². The van der Waals surface area contributed by atoms with E-state index in [1.807, 2.05) is 29.1 Å². The number of rotatable bonds is 4. The van der Waals surface area contributed by atoms with Crippen molar-refractivity contribution in [3.8, 4) is 17.2 Å². The zero-order valence-corrected chi connectivity index (χ0v) is 10.2. The Balaban J connectivity index is 1.77. The highest BCUT2D eigenvalue weighted by Crippen LogP contribution is 2.49. The third kappa shape index (κ3) is 2.14. The first-order valence-corrected chi connectivity index (χ1v) is 6.26. The molecule has 1 fully saturated rings. The molecule has 0 saturated heterocycles. The van der Waals surface area contributed by atoms with Gasteiger partial charge in [-0.05, 0) is 18.4 Å². The summed E-state index contributed by atoms with van der Waals surface area (Å²) >= 11 is 0. The van der Waals surface area contributed by atoms with Gasteiger partial charge in [0.25, 0.3) is 0 Å². The van der Waals surface area contributed by atoms with Gasteiger partial charge < -0.3 is 0 Å². The van der Waals surface area contributed by atoms with Crippen molar-refractivity contribution in [1.29, 1.82) is 5.26 Å². The van der Waals surface area contributed by atoms with Crippen LogP contribution in [0.25, 0.3) is 11.1 Å². The summed E-state index contributed by atoms with van der Waals surface area (Å²) in [6.07, 6.45) is 6.93.